The molecule has 4 nitrogen and oxygen atoms in total. The minimum absolute atomic E-state index is 0.0982. The third-order valence-corrected chi connectivity index (χ3v) is 3.67. The van der Waals surface area contributed by atoms with Gasteiger partial charge < -0.3 is 15.3 Å². The Kier molecular flexibility index (Phi) is 4.04. The third kappa shape index (κ3) is 3.11. The third-order valence-electron chi connectivity index (χ3n) is 3.67. The van der Waals surface area contributed by atoms with Gasteiger partial charge in [0.1, 0.15) is 0 Å². The molecule has 2 amide bonds. The molecule has 1 saturated heterocycles. The quantitative estimate of drug-likeness (QED) is 0.711. The minimum atomic E-state index is -0.150. The van der Waals surface area contributed by atoms with Crippen molar-refractivity contribution in [3.63, 3.8) is 0 Å². The number of rotatable bonds is 1. The molecule has 1 aliphatic carbocycles. The van der Waals surface area contributed by atoms with Crippen molar-refractivity contribution in [2.75, 3.05) is 13.1 Å². The molecule has 2 N–H and O–H groups in total. The molecule has 4 heteroatoms. The van der Waals surface area contributed by atoms with Gasteiger partial charge in [-0.2, -0.15) is 0 Å². The van der Waals surface area contributed by atoms with Gasteiger partial charge in [0.25, 0.3) is 0 Å². The summed E-state index contributed by atoms with van der Waals surface area (Å²) in [5, 5.41) is 12.5. The van der Waals surface area contributed by atoms with Crippen molar-refractivity contribution in [3.8, 4) is 0 Å². The first-order valence-corrected chi connectivity index (χ1v) is 6.49. The molecule has 0 bridgehead atoms. The molecule has 92 valence electrons. The van der Waals surface area contributed by atoms with Crippen molar-refractivity contribution in [3.05, 3.63) is 0 Å². The lowest BCUT2D eigenvalue weighted by Crippen LogP contribution is -2.48. The van der Waals surface area contributed by atoms with E-state index >= 15 is 0 Å². The summed E-state index contributed by atoms with van der Waals surface area (Å²) in [7, 11) is 0. The van der Waals surface area contributed by atoms with Crippen molar-refractivity contribution in [1.82, 2.24) is 10.2 Å². The highest BCUT2D eigenvalue weighted by Gasteiger charge is 2.23. The highest BCUT2D eigenvalue weighted by molar-refractivity contribution is 5.74. The van der Waals surface area contributed by atoms with Gasteiger partial charge in [-0.1, -0.05) is 0 Å². The van der Waals surface area contributed by atoms with Gasteiger partial charge in [-0.15, -0.1) is 0 Å². The maximum atomic E-state index is 11.9. The van der Waals surface area contributed by atoms with Gasteiger partial charge in [0.15, 0.2) is 0 Å². The van der Waals surface area contributed by atoms with Crippen molar-refractivity contribution in [1.29, 1.82) is 0 Å². The molecule has 0 atom stereocenters. The van der Waals surface area contributed by atoms with Crippen LogP contribution in [0.3, 0.4) is 0 Å². The Morgan fingerprint density at radius 1 is 1.06 bits per heavy atom. The number of amides is 2. The lowest BCUT2D eigenvalue weighted by atomic mass is 9.93. The van der Waals surface area contributed by atoms with Gasteiger partial charge in [0.2, 0.25) is 0 Å². The van der Waals surface area contributed by atoms with E-state index in [-0.39, 0.29) is 18.2 Å². The SMILES string of the molecule is O=C(NC1CCC(O)CC1)N1CCCCC1. The number of piperidine rings is 1. The number of carbonyl (C=O) groups is 1. The van der Waals surface area contributed by atoms with Gasteiger partial charge in [0, 0.05) is 19.1 Å². The maximum absolute atomic E-state index is 11.9. The Morgan fingerprint density at radius 2 is 1.69 bits per heavy atom. The summed E-state index contributed by atoms with van der Waals surface area (Å²) in [6, 6.07) is 0.374. The van der Waals surface area contributed by atoms with E-state index in [4.69, 9.17) is 0 Å². The number of aliphatic hydroxyl groups excluding tert-OH is 1. The van der Waals surface area contributed by atoms with Crippen LogP contribution in [-0.2, 0) is 0 Å². The molecule has 0 unspecified atom stereocenters. The van der Waals surface area contributed by atoms with Crippen LogP contribution in [0, 0.1) is 0 Å². The van der Waals surface area contributed by atoms with E-state index in [1.807, 2.05) is 4.90 Å². The van der Waals surface area contributed by atoms with Crippen LogP contribution in [0.4, 0.5) is 4.79 Å². The van der Waals surface area contributed by atoms with Gasteiger partial charge in [-0.25, -0.2) is 4.79 Å². The average Bonchev–Trinajstić information content (AvgIpc) is 2.33. The Balaban J connectivity index is 1.73. The lowest BCUT2D eigenvalue weighted by Gasteiger charge is -2.31. The minimum Gasteiger partial charge on any atom is -0.393 e. The number of hydrogen-bond acceptors (Lipinski definition) is 2. The monoisotopic (exact) mass is 226 g/mol. The largest absolute Gasteiger partial charge is 0.393 e. The summed E-state index contributed by atoms with van der Waals surface area (Å²) in [6.07, 6.45) is 6.85. The van der Waals surface area contributed by atoms with E-state index in [2.05, 4.69) is 5.32 Å². The molecule has 16 heavy (non-hydrogen) atoms. The summed E-state index contributed by atoms with van der Waals surface area (Å²) in [4.78, 5) is 13.8. The van der Waals surface area contributed by atoms with E-state index < -0.39 is 0 Å². The summed E-state index contributed by atoms with van der Waals surface area (Å²) in [5.74, 6) is 0. The van der Waals surface area contributed by atoms with Gasteiger partial charge in [0.05, 0.1) is 6.10 Å². The van der Waals surface area contributed by atoms with Gasteiger partial charge >= 0.3 is 6.03 Å². The van der Waals surface area contributed by atoms with Crippen molar-refractivity contribution in [2.45, 2.75) is 57.1 Å². The molecule has 0 spiro atoms. The Hall–Kier alpha value is -0.770. The second kappa shape index (κ2) is 5.53. The van der Waals surface area contributed by atoms with E-state index in [1.165, 1.54) is 6.42 Å². The lowest BCUT2D eigenvalue weighted by molar-refractivity contribution is 0.114. The molecule has 2 fully saturated rings. The number of nitrogens with zero attached hydrogens (tertiary/aromatic N) is 1. The van der Waals surface area contributed by atoms with E-state index in [0.29, 0.717) is 0 Å². The van der Waals surface area contributed by atoms with Crippen LogP contribution in [-0.4, -0.2) is 41.3 Å². The van der Waals surface area contributed by atoms with Crippen LogP contribution in [0.2, 0.25) is 0 Å². The molecule has 1 saturated carbocycles. The molecule has 0 radical (unpaired) electrons. The Morgan fingerprint density at radius 3 is 2.31 bits per heavy atom. The highest BCUT2D eigenvalue weighted by atomic mass is 16.3. The molecule has 2 rings (SSSR count). The van der Waals surface area contributed by atoms with Crippen LogP contribution < -0.4 is 5.32 Å². The number of carbonyl (C=O) groups excluding carboxylic acids is 1. The molecule has 0 aromatic carbocycles. The zero-order valence-corrected chi connectivity index (χ0v) is 9.82. The Bertz CT molecular complexity index is 231. The fraction of sp³-hybridized carbons (Fsp3) is 0.917. The smallest absolute Gasteiger partial charge is 0.317 e. The average molecular weight is 226 g/mol. The molecule has 0 aromatic rings. The van der Waals surface area contributed by atoms with E-state index in [0.717, 1.165) is 51.6 Å². The van der Waals surface area contributed by atoms with Crippen LogP contribution >= 0.6 is 0 Å². The zero-order valence-electron chi connectivity index (χ0n) is 9.82. The summed E-state index contributed by atoms with van der Waals surface area (Å²) >= 11 is 0. The number of hydrogen-bond donors (Lipinski definition) is 2. The van der Waals surface area contributed by atoms with Crippen LogP contribution in [0.15, 0.2) is 0 Å². The topological polar surface area (TPSA) is 52.6 Å². The number of likely N-dealkylation sites (tertiary alicyclic amines) is 1. The first-order chi connectivity index (χ1) is 7.75. The van der Waals surface area contributed by atoms with Gasteiger partial charge in [-0.05, 0) is 44.9 Å². The van der Waals surface area contributed by atoms with Crippen LogP contribution in [0.25, 0.3) is 0 Å². The molecular weight excluding hydrogens is 204 g/mol. The maximum Gasteiger partial charge on any atom is 0.317 e. The van der Waals surface area contributed by atoms with E-state index in [1.54, 1.807) is 0 Å². The number of nitrogens with one attached hydrogen (secondary N) is 1. The Labute approximate surface area is 97.0 Å². The fourth-order valence-corrected chi connectivity index (χ4v) is 2.58. The van der Waals surface area contributed by atoms with E-state index in [9.17, 15) is 9.90 Å². The zero-order chi connectivity index (χ0) is 11.4. The number of aliphatic hydroxyl groups is 1. The molecule has 1 aliphatic heterocycles. The second-order valence-corrected chi connectivity index (χ2v) is 5.00. The van der Waals surface area contributed by atoms with Gasteiger partial charge in [-0.3, -0.25) is 0 Å². The van der Waals surface area contributed by atoms with Crippen LogP contribution in [0.1, 0.15) is 44.9 Å². The second-order valence-electron chi connectivity index (χ2n) is 5.00. The molecule has 2 aliphatic rings. The predicted octanol–water partition coefficient (Wildman–Crippen LogP) is 1.49. The highest BCUT2D eigenvalue weighted by Crippen LogP contribution is 2.19. The summed E-state index contributed by atoms with van der Waals surface area (Å²) in [6.45, 7) is 1.81. The predicted molar refractivity (Wildman–Crippen MR) is 62.2 cm³/mol. The van der Waals surface area contributed by atoms with Crippen LogP contribution in [0.5, 0.6) is 0 Å². The van der Waals surface area contributed by atoms with Crippen molar-refractivity contribution >= 4 is 6.03 Å². The molecule has 0 aromatic heterocycles. The van der Waals surface area contributed by atoms with Crippen molar-refractivity contribution in [2.24, 2.45) is 0 Å². The molecular formula is C12H22N2O2. The fourth-order valence-electron chi connectivity index (χ4n) is 2.58. The summed E-state index contributed by atoms with van der Waals surface area (Å²) < 4.78 is 0. The van der Waals surface area contributed by atoms with Crippen molar-refractivity contribution < 1.29 is 9.90 Å². The standard InChI is InChI=1S/C12H22N2O2/c15-11-6-4-10(5-7-11)13-12(16)14-8-2-1-3-9-14/h10-11,15H,1-9H2,(H,13,16). The molecule has 1 heterocycles. The first-order valence-electron chi connectivity index (χ1n) is 6.49. The first kappa shape index (κ1) is 11.7. The number of urea groups is 1. The normalized spacial score (nSPS) is 31.2. The summed E-state index contributed by atoms with van der Waals surface area (Å²) in [5.41, 5.74) is 0.